The molecule has 1 fully saturated rings. The number of pyridine rings is 1. The Bertz CT molecular complexity index is 610. The highest BCUT2D eigenvalue weighted by Crippen LogP contribution is 2.43. The number of ether oxygens (including phenoxy) is 2. The molecule has 7 heteroatoms. The van der Waals surface area contributed by atoms with Crippen molar-refractivity contribution < 1.29 is 23.9 Å². The van der Waals surface area contributed by atoms with Crippen molar-refractivity contribution in [2.75, 3.05) is 13.7 Å². The van der Waals surface area contributed by atoms with Crippen LogP contribution in [0.5, 0.6) is 0 Å². The van der Waals surface area contributed by atoms with Gasteiger partial charge in [-0.3, -0.25) is 9.59 Å². The number of carbonyl (C=O) groups is 3. The Morgan fingerprint density at radius 1 is 1.38 bits per heavy atom. The molecule has 1 aromatic rings. The fourth-order valence-electron chi connectivity index (χ4n) is 2.00. The van der Waals surface area contributed by atoms with Gasteiger partial charge in [-0.2, -0.15) is 0 Å². The van der Waals surface area contributed by atoms with Crippen molar-refractivity contribution in [1.29, 1.82) is 0 Å². The van der Waals surface area contributed by atoms with Gasteiger partial charge in [0.2, 0.25) is 5.78 Å². The largest absolute Gasteiger partial charge is 0.465 e. The lowest BCUT2D eigenvalue weighted by atomic mass is 10.0. The molecule has 0 amide bonds. The number of Topliss-reactive ketones (excluding diaryl/α,β-unsaturated/α-hetero) is 1. The van der Waals surface area contributed by atoms with Crippen molar-refractivity contribution in [1.82, 2.24) is 4.98 Å². The van der Waals surface area contributed by atoms with E-state index in [1.54, 1.807) is 6.07 Å². The van der Waals surface area contributed by atoms with E-state index >= 15 is 0 Å². The van der Waals surface area contributed by atoms with Crippen molar-refractivity contribution >= 4 is 29.3 Å². The van der Waals surface area contributed by atoms with Crippen LogP contribution >= 0.6 is 11.6 Å². The first-order valence-corrected chi connectivity index (χ1v) is 6.77. The first kappa shape index (κ1) is 15.4. The van der Waals surface area contributed by atoms with Crippen LogP contribution in [-0.4, -0.2) is 36.4 Å². The number of methoxy groups -OCH3 is 1. The molecule has 0 N–H and O–H groups in total. The Morgan fingerprint density at radius 2 is 2.05 bits per heavy atom. The van der Waals surface area contributed by atoms with Crippen LogP contribution < -0.4 is 0 Å². The van der Waals surface area contributed by atoms with Crippen LogP contribution in [0.4, 0.5) is 0 Å². The van der Waals surface area contributed by atoms with E-state index in [4.69, 9.17) is 16.3 Å². The highest BCUT2D eigenvalue weighted by molar-refractivity contribution is 6.30. The van der Waals surface area contributed by atoms with Gasteiger partial charge in [0.05, 0.1) is 12.7 Å². The van der Waals surface area contributed by atoms with E-state index in [0.717, 1.165) is 12.8 Å². The topological polar surface area (TPSA) is 82.6 Å². The summed E-state index contributed by atoms with van der Waals surface area (Å²) in [7, 11) is 1.23. The molecule has 1 aromatic heterocycles. The third-order valence-electron chi connectivity index (χ3n) is 3.10. The van der Waals surface area contributed by atoms with Gasteiger partial charge in [-0.15, -0.1) is 0 Å². The molecule has 0 unspecified atom stereocenters. The summed E-state index contributed by atoms with van der Waals surface area (Å²) >= 11 is 5.93. The van der Waals surface area contributed by atoms with Crippen LogP contribution in [-0.2, 0) is 14.3 Å². The highest BCUT2D eigenvalue weighted by Gasteiger charge is 2.33. The molecule has 1 heterocycles. The zero-order valence-electron chi connectivity index (χ0n) is 11.6. The van der Waals surface area contributed by atoms with Gasteiger partial charge in [-0.05, 0) is 30.4 Å². The molecular weight excluding hydrogens is 298 g/mol. The molecule has 0 radical (unpaired) electrons. The number of nitrogens with zero attached hydrogens (tertiary/aromatic N) is 1. The molecule has 0 saturated heterocycles. The average molecular weight is 312 g/mol. The molecule has 1 aliphatic rings. The first-order chi connectivity index (χ1) is 9.93. The molecule has 0 atom stereocenters. The lowest BCUT2D eigenvalue weighted by Crippen LogP contribution is -2.20. The Hall–Kier alpha value is -1.95. The lowest BCUT2D eigenvalue weighted by molar-refractivity contribution is -0.139. The number of carbonyl (C=O) groups excluding carboxylic acids is 3. The number of hydrogen-bond acceptors (Lipinski definition) is 6. The number of aromatic nitrogens is 1. The van der Waals surface area contributed by atoms with Gasteiger partial charge < -0.3 is 9.47 Å². The lowest BCUT2D eigenvalue weighted by Gasteiger charge is -2.12. The third-order valence-corrected chi connectivity index (χ3v) is 3.29. The Kier molecular flexibility index (Phi) is 4.57. The normalized spacial score (nSPS) is 13.7. The number of rotatable bonds is 5. The molecule has 0 aliphatic heterocycles. The molecule has 1 aliphatic carbocycles. The SMILES string of the molecule is COC(=O)c1c(C2CC2)cc(Cl)nc1C(=O)COC(C)=O. The van der Waals surface area contributed by atoms with E-state index in [-0.39, 0.29) is 22.3 Å². The Balaban J connectivity index is 2.44. The van der Waals surface area contributed by atoms with Crippen LogP contribution in [0.1, 0.15) is 52.1 Å². The predicted molar refractivity (Wildman–Crippen MR) is 73.5 cm³/mol. The second kappa shape index (κ2) is 6.22. The van der Waals surface area contributed by atoms with Crippen molar-refractivity contribution in [3.63, 3.8) is 0 Å². The third kappa shape index (κ3) is 3.58. The van der Waals surface area contributed by atoms with Gasteiger partial charge in [-0.1, -0.05) is 11.6 Å². The minimum atomic E-state index is -0.646. The standard InChI is InChI=1S/C14H14ClNO5/c1-7(17)21-6-10(18)13-12(14(19)20-2)9(8-3-4-8)5-11(15)16-13/h5,8H,3-4,6H2,1-2H3. The fourth-order valence-corrected chi connectivity index (χ4v) is 2.20. The Labute approximate surface area is 126 Å². The number of esters is 2. The molecule has 2 rings (SSSR count). The zero-order chi connectivity index (χ0) is 15.6. The fraction of sp³-hybridized carbons (Fsp3) is 0.429. The summed E-state index contributed by atoms with van der Waals surface area (Å²) in [6, 6.07) is 1.58. The van der Waals surface area contributed by atoms with Crippen molar-refractivity contribution in [2.45, 2.75) is 25.7 Å². The molecule has 0 spiro atoms. The monoisotopic (exact) mass is 311 g/mol. The van der Waals surface area contributed by atoms with Crippen LogP contribution in [0.25, 0.3) is 0 Å². The van der Waals surface area contributed by atoms with E-state index in [2.05, 4.69) is 9.72 Å². The van der Waals surface area contributed by atoms with Gasteiger partial charge in [0.25, 0.3) is 0 Å². The molecule has 0 bridgehead atoms. The van der Waals surface area contributed by atoms with Gasteiger partial charge >= 0.3 is 11.9 Å². The first-order valence-electron chi connectivity index (χ1n) is 6.39. The highest BCUT2D eigenvalue weighted by atomic mass is 35.5. The quantitative estimate of drug-likeness (QED) is 0.471. The van der Waals surface area contributed by atoms with E-state index in [9.17, 15) is 14.4 Å². The molecule has 0 aromatic carbocycles. The van der Waals surface area contributed by atoms with Gasteiger partial charge in [0.15, 0.2) is 6.61 Å². The van der Waals surface area contributed by atoms with Crippen LogP contribution in [0.2, 0.25) is 5.15 Å². The van der Waals surface area contributed by atoms with E-state index in [0.29, 0.717) is 5.56 Å². The summed E-state index contributed by atoms with van der Waals surface area (Å²) < 4.78 is 9.39. The van der Waals surface area contributed by atoms with Crippen LogP contribution in [0.3, 0.4) is 0 Å². The zero-order valence-corrected chi connectivity index (χ0v) is 12.4. The number of ketones is 1. The van der Waals surface area contributed by atoms with Gasteiger partial charge in [-0.25, -0.2) is 9.78 Å². The summed E-state index contributed by atoms with van der Waals surface area (Å²) in [5, 5.41) is 0.121. The van der Waals surface area contributed by atoms with E-state index in [1.807, 2.05) is 0 Å². The molecule has 1 saturated carbocycles. The number of hydrogen-bond donors (Lipinski definition) is 0. The van der Waals surface area contributed by atoms with Crippen LogP contribution in [0.15, 0.2) is 6.07 Å². The summed E-state index contributed by atoms with van der Waals surface area (Å²) in [4.78, 5) is 38.8. The summed E-state index contributed by atoms with van der Waals surface area (Å²) in [6.45, 7) is 0.701. The van der Waals surface area contributed by atoms with Crippen molar-refractivity contribution in [3.8, 4) is 0 Å². The minimum Gasteiger partial charge on any atom is -0.465 e. The van der Waals surface area contributed by atoms with Crippen molar-refractivity contribution in [2.24, 2.45) is 0 Å². The second-order valence-corrected chi connectivity index (χ2v) is 5.11. The maximum absolute atomic E-state index is 12.1. The molecule has 112 valence electrons. The summed E-state index contributed by atoms with van der Waals surface area (Å²) in [6.07, 6.45) is 1.84. The van der Waals surface area contributed by atoms with Gasteiger partial charge in [0.1, 0.15) is 10.8 Å². The van der Waals surface area contributed by atoms with Crippen LogP contribution in [0, 0.1) is 0 Å². The molecular formula is C14H14ClNO5. The maximum Gasteiger partial charge on any atom is 0.340 e. The predicted octanol–water partition coefficient (Wildman–Crippen LogP) is 2.14. The minimum absolute atomic E-state index is 0.113. The molecule has 6 nitrogen and oxygen atoms in total. The maximum atomic E-state index is 12.1. The summed E-state index contributed by atoms with van der Waals surface area (Å²) in [5.41, 5.74) is 0.659. The second-order valence-electron chi connectivity index (χ2n) is 4.73. The Morgan fingerprint density at radius 3 is 2.57 bits per heavy atom. The average Bonchev–Trinajstić information content (AvgIpc) is 3.27. The van der Waals surface area contributed by atoms with E-state index in [1.165, 1.54) is 14.0 Å². The van der Waals surface area contributed by atoms with Gasteiger partial charge in [0, 0.05) is 6.92 Å². The van der Waals surface area contributed by atoms with E-state index < -0.39 is 24.3 Å². The molecule has 21 heavy (non-hydrogen) atoms. The van der Waals surface area contributed by atoms with Crippen molar-refractivity contribution in [3.05, 3.63) is 28.0 Å². The smallest absolute Gasteiger partial charge is 0.340 e. The summed E-state index contributed by atoms with van der Waals surface area (Å²) in [5.74, 6) is -1.64. The number of halogens is 1.